The van der Waals surface area contributed by atoms with Crippen LogP contribution in [0.15, 0.2) is 28.7 Å². The topological polar surface area (TPSA) is 66.9 Å². The highest BCUT2D eigenvalue weighted by atomic mass is 79.9. The first-order valence-corrected chi connectivity index (χ1v) is 8.96. The largest absolute Gasteiger partial charge is 0.351 e. The Morgan fingerprint density at radius 3 is 2.67 bits per heavy atom. The number of carbonyl (C=O) groups excluding carboxylic acids is 1. The van der Waals surface area contributed by atoms with Crippen molar-refractivity contribution in [1.82, 2.24) is 15.3 Å². The van der Waals surface area contributed by atoms with Gasteiger partial charge in [0.25, 0.3) is 5.91 Å². The van der Waals surface area contributed by atoms with Crippen LogP contribution in [-0.2, 0) is 0 Å². The zero-order valence-corrected chi connectivity index (χ0v) is 15.9. The summed E-state index contributed by atoms with van der Waals surface area (Å²) in [6.07, 6.45) is 3.22. The van der Waals surface area contributed by atoms with Crippen molar-refractivity contribution in [3.63, 3.8) is 0 Å². The van der Waals surface area contributed by atoms with Crippen LogP contribution in [0.25, 0.3) is 0 Å². The molecule has 0 radical (unpaired) electrons. The number of nitrogens with zero attached hydrogens (tertiary/aromatic N) is 2. The van der Waals surface area contributed by atoms with E-state index in [2.05, 4.69) is 43.5 Å². The first-order valence-electron chi connectivity index (χ1n) is 8.16. The first kappa shape index (κ1) is 18.4. The highest BCUT2D eigenvalue weighted by Gasteiger charge is 2.10. The molecule has 1 heterocycles. The van der Waals surface area contributed by atoms with Gasteiger partial charge < -0.3 is 10.6 Å². The smallest absolute Gasteiger partial charge is 0.270 e. The summed E-state index contributed by atoms with van der Waals surface area (Å²) in [7, 11) is 0. The van der Waals surface area contributed by atoms with Gasteiger partial charge in [-0.1, -0.05) is 41.8 Å². The molecule has 2 N–H and O–H groups in total. The minimum atomic E-state index is -0.162. The van der Waals surface area contributed by atoms with Gasteiger partial charge in [-0.15, -0.1) is 0 Å². The Labute approximate surface area is 151 Å². The van der Waals surface area contributed by atoms with Crippen molar-refractivity contribution in [3.8, 4) is 0 Å². The van der Waals surface area contributed by atoms with Gasteiger partial charge in [0.2, 0.25) is 0 Å². The van der Waals surface area contributed by atoms with Crippen LogP contribution in [-0.4, -0.2) is 22.4 Å². The highest BCUT2D eigenvalue weighted by Crippen LogP contribution is 2.23. The van der Waals surface area contributed by atoms with Crippen LogP contribution in [0.3, 0.4) is 0 Å². The Hall–Kier alpha value is -1.95. The van der Waals surface area contributed by atoms with E-state index in [-0.39, 0.29) is 5.91 Å². The summed E-state index contributed by atoms with van der Waals surface area (Å²) in [5.41, 5.74) is 2.44. The molecule has 0 fully saturated rings. The number of nitrogens with one attached hydrogen (secondary N) is 2. The minimum absolute atomic E-state index is 0.162. The normalized spacial score (nSPS) is 10.5. The number of anilines is 2. The van der Waals surface area contributed by atoms with E-state index in [0.717, 1.165) is 35.0 Å². The van der Waals surface area contributed by atoms with Crippen LogP contribution in [0.4, 0.5) is 11.5 Å². The number of hydrogen-bond donors (Lipinski definition) is 2. The number of aryl methyl sites for hydroxylation is 2. The Morgan fingerprint density at radius 1 is 1.17 bits per heavy atom. The molecule has 1 aromatic heterocycles. The molecule has 2 aromatic rings. The van der Waals surface area contributed by atoms with Crippen LogP contribution < -0.4 is 10.6 Å². The molecule has 24 heavy (non-hydrogen) atoms. The Kier molecular flexibility index (Phi) is 6.73. The lowest BCUT2D eigenvalue weighted by molar-refractivity contribution is 0.0947. The van der Waals surface area contributed by atoms with E-state index in [1.165, 1.54) is 0 Å². The van der Waals surface area contributed by atoms with Crippen molar-refractivity contribution < 1.29 is 4.79 Å². The van der Waals surface area contributed by atoms with E-state index in [4.69, 9.17) is 0 Å². The molecule has 2 rings (SSSR count). The van der Waals surface area contributed by atoms with Gasteiger partial charge in [-0.25, -0.2) is 9.97 Å². The second-order valence-electron chi connectivity index (χ2n) is 5.74. The summed E-state index contributed by atoms with van der Waals surface area (Å²) in [6, 6.07) is 7.65. The number of amides is 1. The minimum Gasteiger partial charge on any atom is -0.351 e. The predicted molar refractivity (Wildman–Crippen MR) is 101 cm³/mol. The number of halogens is 1. The maximum Gasteiger partial charge on any atom is 0.270 e. The summed E-state index contributed by atoms with van der Waals surface area (Å²) < 4.78 is 1.02. The predicted octanol–water partition coefficient (Wildman–Crippen LogP) is 4.52. The lowest BCUT2D eigenvalue weighted by Crippen LogP contribution is -2.25. The Balaban J connectivity index is 2.10. The molecule has 6 heteroatoms. The van der Waals surface area contributed by atoms with Gasteiger partial charge in [-0.3, -0.25) is 4.79 Å². The average Bonchev–Trinajstić information content (AvgIpc) is 2.54. The quantitative estimate of drug-likeness (QED) is 0.681. The molecule has 1 aromatic carbocycles. The van der Waals surface area contributed by atoms with E-state index in [1.807, 2.05) is 25.1 Å². The molecule has 0 atom stereocenters. The van der Waals surface area contributed by atoms with Gasteiger partial charge in [-0.2, -0.15) is 0 Å². The number of carbonyl (C=O) groups is 1. The van der Waals surface area contributed by atoms with Gasteiger partial charge in [0, 0.05) is 22.8 Å². The fourth-order valence-electron chi connectivity index (χ4n) is 2.23. The summed E-state index contributed by atoms with van der Waals surface area (Å²) in [6.45, 7) is 6.62. The first-order chi connectivity index (χ1) is 11.5. The van der Waals surface area contributed by atoms with Crippen molar-refractivity contribution in [2.75, 3.05) is 11.9 Å². The second kappa shape index (κ2) is 8.78. The molecule has 5 nitrogen and oxygen atoms in total. The molecule has 0 aliphatic carbocycles. The standard InChI is InChI=1S/C18H23BrN4O/c1-4-5-6-9-20-18(24)16-11-17(22-13(3)21-16)23-14-8-7-12(2)15(19)10-14/h7-8,10-11H,4-6,9H2,1-3H3,(H,20,24)(H,21,22,23). The van der Waals surface area contributed by atoms with Crippen LogP contribution in [0.2, 0.25) is 0 Å². The summed E-state index contributed by atoms with van der Waals surface area (Å²) in [5, 5.41) is 6.13. The monoisotopic (exact) mass is 390 g/mol. The zero-order chi connectivity index (χ0) is 17.5. The number of unbranched alkanes of at least 4 members (excludes halogenated alkanes) is 2. The van der Waals surface area contributed by atoms with E-state index >= 15 is 0 Å². The number of hydrogen-bond acceptors (Lipinski definition) is 4. The molecule has 128 valence electrons. The van der Waals surface area contributed by atoms with Crippen molar-refractivity contribution in [2.45, 2.75) is 40.0 Å². The fraction of sp³-hybridized carbons (Fsp3) is 0.389. The molecule has 0 bridgehead atoms. The van der Waals surface area contributed by atoms with Gasteiger partial charge in [0.1, 0.15) is 17.3 Å². The molecule has 0 aliphatic heterocycles. The lowest BCUT2D eigenvalue weighted by atomic mass is 10.2. The van der Waals surface area contributed by atoms with Crippen LogP contribution in [0.5, 0.6) is 0 Å². The lowest BCUT2D eigenvalue weighted by Gasteiger charge is -2.10. The van der Waals surface area contributed by atoms with E-state index < -0.39 is 0 Å². The molecule has 0 saturated carbocycles. The van der Waals surface area contributed by atoms with Gasteiger partial charge in [0.15, 0.2) is 0 Å². The third kappa shape index (κ3) is 5.30. The van der Waals surface area contributed by atoms with E-state index in [1.54, 1.807) is 13.0 Å². The Morgan fingerprint density at radius 2 is 1.96 bits per heavy atom. The summed E-state index contributed by atoms with van der Waals surface area (Å²) >= 11 is 3.52. The van der Waals surface area contributed by atoms with Crippen molar-refractivity contribution in [1.29, 1.82) is 0 Å². The van der Waals surface area contributed by atoms with Crippen LogP contribution in [0.1, 0.15) is 48.1 Å². The molecule has 0 unspecified atom stereocenters. The van der Waals surface area contributed by atoms with Crippen LogP contribution in [0, 0.1) is 13.8 Å². The second-order valence-corrected chi connectivity index (χ2v) is 6.59. The number of benzene rings is 1. The third-order valence-electron chi connectivity index (χ3n) is 3.58. The maximum atomic E-state index is 12.2. The zero-order valence-electron chi connectivity index (χ0n) is 14.3. The van der Waals surface area contributed by atoms with E-state index in [9.17, 15) is 4.79 Å². The molecule has 0 spiro atoms. The molecule has 1 amide bonds. The van der Waals surface area contributed by atoms with Crippen LogP contribution >= 0.6 is 15.9 Å². The van der Waals surface area contributed by atoms with Gasteiger partial charge in [-0.05, 0) is 38.0 Å². The SMILES string of the molecule is CCCCCNC(=O)c1cc(Nc2ccc(C)c(Br)c2)nc(C)n1. The van der Waals surface area contributed by atoms with Gasteiger partial charge in [0.05, 0.1) is 0 Å². The molecular weight excluding hydrogens is 368 g/mol. The fourth-order valence-corrected chi connectivity index (χ4v) is 2.61. The van der Waals surface area contributed by atoms with Crippen molar-refractivity contribution >= 4 is 33.3 Å². The maximum absolute atomic E-state index is 12.2. The van der Waals surface area contributed by atoms with E-state index in [0.29, 0.717) is 23.9 Å². The number of rotatable bonds is 7. The highest BCUT2D eigenvalue weighted by molar-refractivity contribution is 9.10. The molecule has 0 saturated heterocycles. The van der Waals surface area contributed by atoms with Gasteiger partial charge >= 0.3 is 0 Å². The van der Waals surface area contributed by atoms with Crippen molar-refractivity contribution in [3.05, 3.63) is 45.8 Å². The molecule has 0 aliphatic rings. The average molecular weight is 391 g/mol. The molecular formula is C18H23BrN4O. The Bertz CT molecular complexity index is 718. The van der Waals surface area contributed by atoms with Crippen molar-refractivity contribution in [2.24, 2.45) is 0 Å². The summed E-state index contributed by atoms with van der Waals surface area (Å²) in [5.74, 6) is 1.01. The summed E-state index contributed by atoms with van der Waals surface area (Å²) in [4.78, 5) is 20.8. The number of aromatic nitrogens is 2. The third-order valence-corrected chi connectivity index (χ3v) is 4.44.